The van der Waals surface area contributed by atoms with Crippen molar-refractivity contribution in [1.82, 2.24) is 0 Å². The first-order valence-corrected chi connectivity index (χ1v) is 11.0. The van der Waals surface area contributed by atoms with Crippen LogP contribution < -0.4 is 9.86 Å². The number of primary sulfonamides is 1. The van der Waals surface area contributed by atoms with Crippen LogP contribution in [0.2, 0.25) is 0 Å². The van der Waals surface area contributed by atoms with Gasteiger partial charge in [0.25, 0.3) is 10.0 Å². The number of nitrogens with zero attached hydrogens (tertiary/aromatic N) is 1. The molecule has 142 valence electrons. The molecule has 0 heterocycles. The molecular weight excluding hydrogens is 398 g/mol. The Morgan fingerprint density at radius 2 is 1.50 bits per heavy atom. The van der Waals surface area contributed by atoms with E-state index in [1.165, 1.54) is 36.4 Å². The lowest BCUT2D eigenvalue weighted by Gasteiger charge is -2.12. The summed E-state index contributed by atoms with van der Waals surface area (Å²) >= 11 is 0. The first-order valence-electron chi connectivity index (χ1n) is 7.96. The number of anilines is 1. The number of nitrogens with one attached hydrogen (secondary N) is 1. The minimum Gasteiger partial charge on any atom is -0.278 e. The van der Waals surface area contributed by atoms with E-state index in [1.54, 1.807) is 36.4 Å². The summed E-state index contributed by atoms with van der Waals surface area (Å²) in [5.74, 6) is 0. The number of sulfonamides is 2. The van der Waals surface area contributed by atoms with Crippen LogP contribution in [0.5, 0.6) is 0 Å². The zero-order chi connectivity index (χ0) is 20.4. The van der Waals surface area contributed by atoms with E-state index in [9.17, 15) is 16.8 Å². The summed E-state index contributed by atoms with van der Waals surface area (Å²) < 4.78 is 51.2. The van der Waals surface area contributed by atoms with Gasteiger partial charge in [-0.05, 0) is 47.5 Å². The number of para-hydroxylation sites is 1. The van der Waals surface area contributed by atoms with E-state index in [4.69, 9.17) is 10.4 Å². The van der Waals surface area contributed by atoms with Gasteiger partial charge in [0.15, 0.2) is 0 Å². The van der Waals surface area contributed by atoms with E-state index in [-0.39, 0.29) is 15.5 Å². The molecule has 0 saturated heterocycles. The minimum absolute atomic E-state index is 0.0430. The van der Waals surface area contributed by atoms with E-state index in [0.717, 1.165) is 5.56 Å². The smallest absolute Gasteiger partial charge is 0.261 e. The maximum atomic E-state index is 12.8. The second-order valence-electron chi connectivity index (χ2n) is 5.86. The number of hydrogen-bond donors (Lipinski definition) is 2. The molecule has 3 N–H and O–H groups in total. The van der Waals surface area contributed by atoms with Crippen LogP contribution in [-0.2, 0) is 20.0 Å². The van der Waals surface area contributed by atoms with E-state index in [2.05, 4.69) is 4.72 Å². The fourth-order valence-corrected chi connectivity index (χ4v) is 4.47. The standard InChI is InChI=1S/C19H15N3O4S2/c20-13-14-8-10-15(11-9-14)16-4-3-5-17(12-16)28(25,26)22-18-6-1-2-7-19(18)27(21,23)24/h1-12,22H,(H2,21,23,24). The number of hydrogen-bond acceptors (Lipinski definition) is 5. The average Bonchev–Trinajstić information content (AvgIpc) is 2.67. The number of nitriles is 1. The summed E-state index contributed by atoms with van der Waals surface area (Å²) in [5, 5.41) is 14.0. The van der Waals surface area contributed by atoms with Gasteiger partial charge in [-0.2, -0.15) is 5.26 Å². The molecule has 0 spiro atoms. The zero-order valence-corrected chi connectivity index (χ0v) is 16.0. The Morgan fingerprint density at radius 1 is 0.821 bits per heavy atom. The fourth-order valence-electron chi connectivity index (χ4n) is 2.58. The van der Waals surface area contributed by atoms with Crippen LogP contribution in [0.15, 0.2) is 82.6 Å². The van der Waals surface area contributed by atoms with Gasteiger partial charge >= 0.3 is 0 Å². The van der Waals surface area contributed by atoms with Gasteiger partial charge < -0.3 is 0 Å². The van der Waals surface area contributed by atoms with E-state index >= 15 is 0 Å². The van der Waals surface area contributed by atoms with Crippen molar-refractivity contribution in [2.45, 2.75) is 9.79 Å². The van der Waals surface area contributed by atoms with Gasteiger partial charge in [0.05, 0.1) is 22.2 Å². The Hall–Kier alpha value is -3.19. The van der Waals surface area contributed by atoms with Crippen LogP contribution in [0, 0.1) is 11.3 Å². The molecule has 3 aromatic carbocycles. The molecule has 0 fully saturated rings. The van der Waals surface area contributed by atoms with Crippen molar-refractivity contribution in [2.24, 2.45) is 5.14 Å². The third-order valence-corrected chi connectivity index (χ3v) is 6.26. The van der Waals surface area contributed by atoms with Gasteiger partial charge in [-0.1, -0.05) is 36.4 Å². The number of rotatable bonds is 5. The molecular formula is C19H15N3O4S2. The average molecular weight is 413 g/mol. The maximum absolute atomic E-state index is 12.8. The fraction of sp³-hybridized carbons (Fsp3) is 0. The lowest BCUT2D eigenvalue weighted by molar-refractivity contribution is 0.598. The van der Waals surface area contributed by atoms with E-state index in [0.29, 0.717) is 11.1 Å². The largest absolute Gasteiger partial charge is 0.278 e. The van der Waals surface area contributed by atoms with E-state index in [1.807, 2.05) is 6.07 Å². The molecule has 0 unspecified atom stereocenters. The minimum atomic E-state index is -4.10. The summed E-state index contributed by atoms with van der Waals surface area (Å²) in [4.78, 5) is -0.361. The Kier molecular flexibility index (Phi) is 5.20. The zero-order valence-electron chi connectivity index (χ0n) is 14.4. The number of nitrogens with two attached hydrogens (primary N) is 1. The molecule has 0 bridgehead atoms. The van der Waals surface area contributed by atoms with Gasteiger partial charge in [0, 0.05) is 0 Å². The summed E-state index contributed by atoms with van der Waals surface area (Å²) in [6.07, 6.45) is 0. The summed E-state index contributed by atoms with van der Waals surface area (Å²) in [6, 6.07) is 20.4. The quantitative estimate of drug-likeness (QED) is 0.664. The predicted octanol–water partition coefficient (Wildman–Crippen LogP) is 2.67. The Bertz CT molecular complexity index is 1280. The van der Waals surface area contributed by atoms with Crippen LogP contribution in [0.4, 0.5) is 5.69 Å². The molecule has 7 nitrogen and oxygen atoms in total. The molecule has 3 aromatic rings. The number of benzene rings is 3. The topological polar surface area (TPSA) is 130 Å². The van der Waals surface area contributed by atoms with Crippen molar-refractivity contribution in [3.05, 3.63) is 78.4 Å². The molecule has 0 aliphatic rings. The first-order chi connectivity index (χ1) is 13.2. The molecule has 0 radical (unpaired) electrons. The van der Waals surface area contributed by atoms with E-state index < -0.39 is 20.0 Å². The molecule has 0 aromatic heterocycles. The van der Waals surface area contributed by atoms with Crippen LogP contribution in [0.1, 0.15) is 5.56 Å². The highest BCUT2D eigenvalue weighted by atomic mass is 32.2. The van der Waals surface area contributed by atoms with Gasteiger partial charge in [0.1, 0.15) is 4.90 Å². The van der Waals surface area contributed by atoms with Gasteiger partial charge in [0.2, 0.25) is 10.0 Å². The van der Waals surface area contributed by atoms with Crippen LogP contribution >= 0.6 is 0 Å². The Morgan fingerprint density at radius 3 is 2.14 bits per heavy atom. The predicted molar refractivity (Wildman–Crippen MR) is 105 cm³/mol. The van der Waals surface area contributed by atoms with Crippen molar-refractivity contribution in [3.8, 4) is 17.2 Å². The Labute approximate surface area is 163 Å². The lowest BCUT2D eigenvalue weighted by atomic mass is 10.0. The van der Waals surface area contributed by atoms with Crippen molar-refractivity contribution in [3.63, 3.8) is 0 Å². The van der Waals surface area contributed by atoms with Gasteiger partial charge in [-0.3, -0.25) is 4.72 Å². The summed E-state index contributed by atoms with van der Waals surface area (Å²) in [7, 11) is -8.16. The van der Waals surface area contributed by atoms with Crippen LogP contribution in [0.25, 0.3) is 11.1 Å². The van der Waals surface area contributed by atoms with Crippen molar-refractivity contribution < 1.29 is 16.8 Å². The maximum Gasteiger partial charge on any atom is 0.261 e. The van der Waals surface area contributed by atoms with Crippen molar-refractivity contribution in [1.29, 1.82) is 5.26 Å². The third-order valence-electron chi connectivity index (χ3n) is 3.93. The van der Waals surface area contributed by atoms with Crippen LogP contribution in [0.3, 0.4) is 0 Å². The molecule has 0 aliphatic heterocycles. The van der Waals surface area contributed by atoms with Crippen molar-refractivity contribution >= 4 is 25.7 Å². The highest BCUT2D eigenvalue weighted by molar-refractivity contribution is 7.93. The second kappa shape index (κ2) is 7.44. The third kappa shape index (κ3) is 4.20. The summed E-state index contributed by atoms with van der Waals surface area (Å²) in [5.41, 5.74) is 1.73. The van der Waals surface area contributed by atoms with Gasteiger partial charge in [-0.25, -0.2) is 22.0 Å². The second-order valence-corrected chi connectivity index (χ2v) is 9.08. The first kappa shape index (κ1) is 19.6. The SMILES string of the molecule is N#Cc1ccc(-c2cccc(S(=O)(=O)Nc3ccccc3S(N)(=O)=O)c2)cc1. The van der Waals surface area contributed by atoms with Crippen LogP contribution in [-0.4, -0.2) is 16.8 Å². The monoisotopic (exact) mass is 413 g/mol. The summed E-state index contributed by atoms with van der Waals surface area (Å²) in [6.45, 7) is 0. The Balaban J connectivity index is 1.99. The molecule has 28 heavy (non-hydrogen) atoms. The van der Waals surface area contributed by atoms with Gasteiger partial charge in [-0.15, -0.1) is 0 Å². The lowest BCUT2D eigenvalue weighted by Crippen LogP contribution is -2.18. The molecule has 0 amide bonds. The molecule has 0 atom stereocenters. The molecule has 3 rings (SSSR count). The normalized spacial score (nSPS) is 11.6. The molecule has 0 saturated carbocycles. The highest BCUT2D eigenvalue weighted by Gasteiger charge is 2.20. The van der Waals surface area contributed by atoms with Crippen molar-refractivity contribution in [2.75, 3.05) is 4.72 Å². The molecule has 0 aliphatic carbocycles. The highest BCUT2D eigenvalue weighted by Crippen LogP contribution is 2.26. The molecule has 9 heteroatoms.